The minimum absolute atomic E-state index is 0.00181. The predicted octanol–water partition coefficient (Wildman–Crippen LogP) is 1.61. The van der Waals surface area contributed by atoms with Crippen LogP contribution in [0.4, 0.5) is 0 Å². The highest BCUT2D eigenvalue weighted by Crippen LogP contribution is 2.19. The molecule has 84 valence electrons. The lowest BCUT2D eigenvalue weighted by molar-refractivity contribution is 0.866. The zero-order valence-electron chi connectivity index (χ0n) is 9.87. The Morgan fingerprint density at radius 3 is 2.56 bits per heavy atom. The number of fused-ring (bicyclic) bond motifs is 1. The smallest absolute Gasteiger partial charge is 0.255 e. The van der Waals surface area contributed by atoms with E-state index in [4.69, 9.17) is 5.73 Å². The third kappa shape index (κ3) is 1.53. The zero-order chi connectivity index (χ0) is 11.9. The molecule has 0 fully saturated rings. The zero-order valence-corrected chi connectivity index (χ0v) is 9.87. The lowest BCUT2D eigenvalue weighted by Crippen LogP contribution is -2.23. The third-order valence-corrected chi connectivity index (χ3v) is 2.94. The molecule has 0 atom stereocenters. The van der Waals surface area contributed by atoms with Gasteiger partial charge in [0.15, 0.2) is 0 Å². The molecule has 16 heavy (non-hydrogen) atoms. The van der Waals surface area contributed by atoms with Crippen LogP contribution in [0.15, 0.2) is 23.0 Å². The number of nitrogens with zero attached hydrogens (tertiary/aromatic N) is 1. The molecule has 0 aliphatic heterocycles. The maximum Gasteiger partial charge on any atom is 0.255 e. The van der Waals surface area contributed by atoms with Crippen molar-refractivity contribution in [1.29, 1.82) is 0 Å². The SMILES string of the molecule is Cc1cc(C)c2c(c1)cc(CN)c(=O)n2C. The van der Waals surface area contributed by atoms with Gasteiger partial charge in [0.1, 0.15) is 0 Å². The number of nitrogens with two attached hydrogens (primary N) is 1. The van der Waals surface area contributed by atoms with E-state index in [1.165, 1.54) is 5.56 Å². The summed E-state index contributed by atoms with van der Waals surface area (Å²) in [6, 6.07) is 6.07. The van der Waals surface area contributed by atoms with Crippen molar-refractivity contribution in [2.75, 3.05) is 0 Å². The Morgan fingerprint density at radius 2 is 1.94 bits per heavy atom. The van der Waals surface area contributed by atoms with Crippen molar-refractivity contribution >= 4 is 10.9 Å². The second kappa shape index (κ2) is 3.76. The maximum atomic E-state index is 11.9. The molecule has 0 spiro atoms. The summed E-state index contributed by atoms with van der Waals surface area (Å²) in [5, 5.41) is 1.08. The Hall–Kier alpha value is -1.61. The summed E-state index contributed by atoms with van der Waals surface area (Å²) in [7, 11) is 1.80. The lowest BCUT2D eigenvalue weighted by atomic mass is 10.0. The lowest BCUT2D eigenvalue weighted by Gasteiger charge is -2.11. The minimum Gasteiger partial charge on any atom is -0.326 e. The summed E-state index contributed by atoms with van der Waals surface area (Å²) < 4.78 is 1.69. The molecule has 0 aliphatic rings. The first-order valence-corrected chi connectivity index (χ1v) is 5.34. The molecule has 3 heteroatoms. The molecule has 0 aliphatic carbocycles. The van der Waals surface area contributed by atoms with E-state index in [1.54, 1.807) is 11.6 Å². The van der Waals surface area contributed by atoms with Crippen molar-refractivity contribution in [1.82, 2.24) is 4.57 Å². The summed E-state index contributed by atoms with van der Waals surface area (Å²) >= 11 is 0. The molecule has 0 amide bonds. The summed E-state index contributed by atoms with van der Waals surface area (Å²) in [5.74, 6) is 0. The van der Waals surface area contributed by atoms with E-state index in [0.29, 0.717) is 5.56 Å². The van der Waals surface area contributed by atoms with Gasteiger partial charge in [-0.2, -0.15) is 0 Å². The van der Waals surface area contributed by atoms with Crippen molar-refractivity contribution in [3.05, 3.63) is 45.2 Å². The van der Waals surface area contributed by atoms with Crippen LogP contribution in [0.2, 0.25) is 0 Å². The fraction of sp³-hybridized carbons (Fsp3) is 0.308. The first-order valence-electron chi connectivity index (χ1n) is 5.34. The summed E-state index contributed by atoms with van der Waals surface area (Å²) in [6.07, 6.45) is 0. The molecular formula is C13H16N2O. The van der Waals surface area contributed by atoms with E-state index in [9.17, 15) is 4.79 Å². The normalized spacial score (nSPS) is 11.0. The molecule has 2 N–H and O–H groups in total. The number of hydrogen-bond acceptors (Lipinski definition) is 2. The van der Waals surface area contributed by atoms with Crippen molar-refractivity contribution in [2.45, 2.75) is 20.4 Å². The third-order valence-electron chi connectivity index (χ3n) is 2.94. The van der Waals surface area contributed by atoms with Crippen LogP contribution in [-0.2, 0) is 13.6 Å². The van der Waals surface area contributed by atoms with Gasteiger partial charge in [0.05, 0.1) is 5.52 Å². The predicted molar refractivity (Wildman–Crippen MR) is 66.6 cm³/mol. The summed E-state index contributed by atoms with van der Waals surface area (Å²) in [4.78, 5) is 11.9. The molecule has 0 radical (unpaired) electrons. The largest absolute Gasteiger partial charge is 0.326 e. The second-order valence-electron chi connectivity index (χ2n) is 4.26. The molecule has 0 bridgehead atoms. The van der Waals surface area contributed by atoms with Gasteiger partial charge in [-0.25, -0.2) is 0 Å². The molecule has 1 aromatic heterocycles. The molecule has 2 aromatic rings. The van der Waals surface area contributed by atoms with E-state index in [0.717, 1.165) is 16.5 Å². The number of rotatable bonds is 1. The number of aromatic nitrogens is 1. The first kappa shape index (κ1) is 10.9. The molecule has 1 aromatic carbocycles. The van der Waals surface area contributed by atoms with Gasteiger partial charge >= 0.3 is 0 Å². The minimum atomic E-state index is 0.00181. The maximum absolute atomic E-state index is 11.9. The Morgan fingerprint density at radius 1 is 1.25 bits per heavy atom. The monoisotopic (exact) mass is 216 g/mol. The Bertz CT molecular complexity index is 611. The van der Waals surface area contributed by atoms with Crippen molar-refractivity contribution in [2.24, 2.45) is 12.8 Å². The van der Waals surface area contributed by atoms with Gasteiger partial charge in [0.25, 0.3) is 5.56 Å². The van der Waals surface area contributed by atoms with Crippen LogP contribution in [0.1, 0.15) is 16.7 Å². The van der Waals surface area contributed by atoms with Crippen LogP contribution in [-0.4, -0.2) is 4.57 Å². The molecular weight excluding hydrogens is 200 g/mol. The quantitative estimate of drug-likeness (QED) is 0.787. The first-order chi connectivity index (χ1) is 7.54. The highest BCUT2D eigenvalue weighted by Gasteiger charge is 2.07. The van der Waals surface area contributed by atoms with E-state index < -0.39 is 0 Å². The second-order valence-corrected chi connectivity index (χ2v) is 4.26. The van der Waals surface area contributed by atoms with Crippen LogP contribution >= 0.6 is 0 Å². The molecule has 0 saturated heterocycles. The standard InChI is InChI=1S/C13H16N2O/c1-8-4-9(2)12-10(5-8)6-11(7-14)13(16)15(12)3/h4-6H,7,14H2,1-3H3. The van der Waals surface area contributed by atoms with Gasteiger partial charge in [-0.05, 0) is 36.9 Å². The Balaban J connectivity index is 2.98. The van der Waals surface area contributed by atoms with Crippen LogP contribution in [0, 0.1) is 13.8 Å². The number of hydrogen-bond donors (Lipinski definition) is 1. The van der Waals surface area contributed by atoms with Crippen molar-refractivity contribution in [3.63, 3.8) is 0 Å². The van der Waals surface area contributed by atoms with E-state index >= 15 is 0 Å². The Kier molecular flexibility index (Phi) is 2.56. The van der Waals surface area contributed by atoms with Crippen LogP contribution in [0.5, 0.6) is 0 Å². The van der Waals surface area contributed by atoms with E-state index in [-0.39, 0.29) is 12.1 Å². The average molecular weight is 216 g/mol. The fourth-order valence-corrected chi connectivity index (χ4v) is 2.27. The summed E-state index contributed by atoms with van der Waals surface area (Å²) in [5.41, 5.74) is 9.56. The van der Waals surface area contributed by atoms with Gasteiger partial charge in [-0.3, -0.25) is 4.79 Å². The van der Waals surface area contributed by atoms with Crippen LogP contribution in [0.25, 0.3) is 10.9 Å². The van der Waals surface area contributed by atoms with Gasteiger partial charge in [-0.1, -0.05) is 11.6 Å². The molecule has 2 rings (SSSR count). The van der Waals surface area contributed by atoms with Gasteiger partial charge < -0.3 is 10.3 Å². The Labute approximate surface area is 94.5 Å². The van der Waals surface area contributed by atoms with E-state index in [2.05, 4.69) is 19.1 Å². The molecule has 3 nitrogen and oxygen atoms in total. The van der Waals surface area contributed by atoms with Gasteiger partial charge in [0.2, 0.25) is 0 Å². The van der Waals surface area contributed by atoms with Crippen molar-refractivity contribution < 1.29 is 0 Å². The molecule has 0 unspecified atom stereocenters. The highest BCUT2D eigenvalue weighted by molar-refractivity contribution is 5.83. The van der Waals surface area contributed by atoms with Gasteiger partial charge in [0, 0.05) is 19.2 Å². The fourth-order valence-electron chi connectivity index (χ4n) is 2.27. The number of pyridine rings is 1. The number of aryl methyl sites for hydroxylation is 3. The molecule has 1 heterocycles. The highest BCUT2D eigenvalue weighted by atomic mass is 16.1. The van der Waals surface area contributed by atoms with Crippen LogP contribution in [0.3, 0.4) is 0 Å². The average Bonchev–Trinajstić information content (AvgIpc) is 2.22. The van der Waals surface area contributed by atoms with Gasteiger partial charge in [-0.15, -0.1) is 0 Å². The van der Waals surface area contributed by atoms with E-state index in [1.807, 2.05) is 13.0 Å². The number of benzene rings is 1. The van der Waals surface area contributed by atoms with Crippen LogP contribution < -0.4 is 11.3 Å². The molecule has 0 saturated carbocycles. The van der Waals surface area contributed by atoms with Crippen molar-refractivity contribution in [3.8, 4) is 0 Å². The topological polar surface area (TPSA) is 48.0 Å². The summed E-state index contributed by atoms with van der Waals surface area (Å²) in [6.45, 7) is 4.37.